The van der Waals surface area contributed by atoms with Gasteiger partial charge in [-0.25, -0.2) is 0 Å². The Morgan fingerprint density at radius 3 is 2.65 bits per heavy atom. The normalized spacial score (nSPS) is 24.9. The van der Waals surface area contributed by atoms with E-state index in [0.717, 1.165) is 38.8 Å². The molecule has 20 heavy (non-hydrogen) atoms. The number of nitrogens with zero attached hydrogens (tertiary/aromatic N) is 1. The number of nitrogens with two attached hydrogens (primary N) is 1. The van der Waals surface area contributed by atoms with E-state index in [1.165, 1.54) is 6.42 Å². The van der Waals surface area contributed by atoms with Crippen molar-refractivity contribution in [2.24, 2.45) is 17.6 Å². The van der Waals surface area contributed by atoms with Gasteiger partial charge in [-0.1, -0.05) is 13.3 Å². The Hall–Kier alpha value is -0.610. The van der Waals surface area contributed by atoms with E-state index in [9.17, 15) is 4.79 Å². The highest BCUT2D eigenvalue weighted by atomic mass is 16.1. The SMILES string of the molecule is CC(C(=O)NCCCN(C)C(C)C)C1CCCC(N)C1. The van der Waals surface area contributed by atoms with E-state index < -0.39 is 0 Å². The first-order valence-corrected chi connectivity index (χ1v) is 8.15. The molecule has 0 saturated heterocycles. The van der Waals surface area contributed by atoms with Crippen molar-refractivity contribution in [1.29, 1.82) is 0 Å². The van der Waals surface area contributed by atoms with Gasteiger partial charge >= 0.3 is 0 Å². The molecule has 0 aromatic rings. The molecule has 0 aliphatic heterocycles. The molecular weight excluding hydrogens is 250 g/mol. The number of amides is 1. The van der Waals surface area contributed by atoms with Gasteiger partial charge in [0.05, 0.1) is 0 Å². The number of hydrogen-bond acceptors (Lipinski definition) is 3. The lowest BCUT2D eigenvalue weighted by Crippen LogP contribution is -2.39. The van der Waals surface area contributed by atoms with Crippen molar-refractivity contribution < 1.29 is 4.79 Å². The van der Waals surface area contributed by atoms with Crippen LogP contribution in [0.3, 0.4) is 0 Å². The molecule has 0 bridgehead atoms. The molecule has 4 nitrogen and oxygen atoms in total. The van der Waals surface area contributed by atoms with Crippen molar-refractivity contribution in [2.75, 3.05) is 20.1 Å². The molecule has 0 heterocycles. The number of hydrogen-bond donors (Lipinski definition) is 2. The standard InChI is InChI=1S/C16H33N3O/c1-12(2)19(4)10-6-9-18-16(20)13(3)14-7-5-8-15(17)11-14/h12-15H,5-11,17H2,1-4H3,(H,18,20). The van der Waals surface area contributed by atoms with Crippen molar-refractivity contribution >= 4 is 5.91 Å². The van der Waals surface area contributed by atoms with E-state index in [4.69, 9.17) is 5.73 Å². The molecule has 0 aromatic carbocycles. The quantitative estimate of drug-likeness (QED) is 0.703. The van der Waals surface area contributed by atoms with Crippen LogP contribution in [0, 0.1) is 11.8 Å². The van der Waals surface area contributed by atoms with Gasteiger partial charge in [-0.3, -0.25) is 4.79 Å². The zero-order chi connectivity index (χ0) is 15.1. The molecule has 118 valence electrons. The predicted octanol–water partition coefficient (Wildman–Crippen LogP) is 1.99. The Kier molecular flexibility index (Phi) is 7.52. The molecule has 0 spiro atoms. The van der Waals surface area contributed by atoms with Crippen LogP contribution in [0.5, 0.6) is 0 Å². The summed E-state index contributed by atoms with van der Waals surface area (Å²) in [5.74, 6) is 0.776. The lowest BCUT2D eigenvalue weighted by atomic mass is 9.78. The van der Waals surface area contributed by atoms with Crippen LogP contribution >= 0.6 is 0 Å². The second kappa shape index (κ2) is 8.63. The smallest absolute Gasteiger partial charge is 0.223 e. The fourth-order valence-electron chi connectivity index (χ4n) is 2.89. The number of carbonyl (C=O) groups is 1. The first-order valence-electron chi connectivity index (χ1n) is 8.15. The van der Waals surface area contributed by atoms with Crippen molar-refractivity contribution in [3.63, 3.8) is 0 Å². The van der Waals surface area contributed by atoms with Crippen molar-refractivity contribution in [3.8, 4) is 0 Å². The molecule has 1 rings (SSSR count). The summed E-state index contributed by atoms with van der Waals surface area (Å²) in [5.41, 5.74) is 6.01. The highest BCUT2D eigenvalue weighted by Crippen LogP contribution is 2.29. The number of nitrogens with one attached hydrogen (secondary N) is 1. The highest BCUT2D eigenvalue weighted by molar-refractivity contribution is 5.78. The monoisotopic (exact) mass is 283 g/mol. The van der Waals surface area contributed by atoms with Crippen LogP contribution in [0.25, 0.3) is 0 Å². The Balaban J connectivity index is 2.21. The van der Waals surface area contributed by atoms with E-state index >= 15 is 0 Å². The van der Waals surface area contributed by atoms with Gasteiger partial charge in [-0.05, 0) is 59.0 Å². The Morgan fingerprint density at radius 2 is 2.05 bits per heavy atom. The molecule has 3 N–H and O–H groups in total. The second-order valence-corrected chi connectivity index (χ2v) is 6.69. The van der Waals surface area contributed by atoms with Crippen molar-refractivity contribution in [2.45, 2.75) is 65.0 Å². The zero-order valence-electron chi connectivity index (χ0n) is 13.7. The maximum atomic E-state index is 12.2. The number of carbonyl (C=O) groups excluding carboxylic acids is 1. The third-order valence-electron chi connectivity index (χ3n) is 4.74. The van der Waals surface area contributed by atoms with Crippen LogP contribution in [0.1, 0.15) is 52.9 Å². The largest absolute Gasteiger partial charge is 0.356 e. The van der Waals surface area contributed by atoms with E-state index in [-0.39, 0.29) is 11.8 Å². The van der Waals surface area contributed by atoms with Crippen LogP contribution in [-0.2, 0) is 4.79 Å². The average molecular weight is 283 g/mol. The van der Waals surface area contributed by atoms with Gasteiger partial charge in [0.1, 0.15) is 0 Å². The van der Waals surface area contributed by atoms with E-state index in [1.807, 2.05) is 0 Å². The van der Waals surface area contributed by atoms with Gasteiger partial charge in [-0.15, -0.1) is 0 Å². The fourth-order valence-corrected chi connectivity index (χ4v) is 2.89. The summed E-state index contributed by atoms with van der Waals surface area (Å²) in [5, 5.41) is 3.08. The first kappa shape index (κ1) is 17.4. The average Bonchev–Trinajstić information content (AvgIpc) is 2.42. The minimum absolute atomic E-state index is 0.101. The summed E-state index contributed by atoms with van der Waals surface area (Å²) in [6.45, 7) is 8.23. The molecule has 1 amide bonds. The van der Waals surface area contributed by atoms with E-state index in [1.54, 1.807) is 0 Å². The van der Waals surface area contributed by atoms with Crippen LogP contribution in [-0.4, -0.2) is 43.0 Å². The summed E-state index contributed by atoms with van der Waals surface area (Å²) in [6, 6.07) is 0.858. The molecule has 1 aliphatic rings. The molecule has 3 atom stereocenters. The topological polar surface area (TPSA) is 58.4 Å². The predicted molar refractivity (Wildman–Crippen MR) is 84.5 cm³/mol. The van der Waals surface area contributed by atoms with Crippen LogP contribution in [0.2, 0.25) is 0 Å². The van der Waals surface area contributed by atoms with Gasteiger partial charge in [0.15, 0.2) is 0 Å². The van der Waals surface area contributed by atoms with Gasteiger partial charge in [0.25, 0.3) is 0 Å². The highest BCUT2D eigenvalue weighted by Gasteiger charge is 2.28. The maximum absolute atomic E-state index is 12.2. The molecule has 4 heteroatoms. The van der Waals surface area contributed by atoms with E-state index in [2.05, 4.69) is 38.0 Å². The Morgan fingerprint density at radius 1 is 1.35 bits per heavy atom. The second-order valence-electron chi connectivity index (χ2n) is 6.69. The first-order chi connectivity index (χ1) is 9.41. The fraction of sp³-hybridized carbons (Fsp3) is 0.938. The van der Waals surface area contributed by atoms with Gasteiger partial charge in [0, 0.05) is 24.5 Å². The Labute approximate surface area is 124 Å². The van der Waals surface area contributed by atoms with Crippen LogP contribution < -0.4 is 11.1 Å². The zero-order valence-corrected chi connectivity index (χ0v) is 13.7. The lowest BCUT2D eigenvalue weighted by molar-refractivity contribution is -0.126. The van der Waals surface area contributed by atoms with Gasteiger partial charge in [0.2, 0.25) is 5.91 Å². The molecule has 3 unspecified atom stereocenters. The third-order valence-corrected chi connectivity index (χ3v) is 4.74. The lowest BCUT2D eigenvalue weighted by Gasteiger charge is -2.30. The summed E-state index contributed by atoms with van der Waals surface area (Å²) in [4.78, 5) is 14.5. The molecule has 1 fully saturated rings. The molecule has 1 saturated carbocycles. The summed E-state index contributed by atoms with van der Waals surface area (Å²) < 4.78 is 0. The summed E-state index contributed by atoms with van der Waals surface area (Å²) >= 11 is 0. The molecule has 0 aromatic heterocycles. The minimum atomic E-state index is 0.101. The molecule has 1 aliphatic carbocycles. The van der Waals surface area contributed by atoms with Crippen molar-refractivity contribution in [3.05, 3.63) is 0 Å². The third kappa shape index (κ3) is 5.80. The molecular formula is C16H33N3O. The molecule has 0 radical (unpaired) electrons. The summed E-state index contributed by atoms with van der Waals surface area (Å²) in [7, 11) is 2.12. The number of rotatable bonds is 7. The Bertz CT molecular complexity index is 293. The van der Waals surface area contributed by atoms with Crippen molar-refractivity contribution in [1.82, 2.24) is 10.2 Å². The van der Waals surface area contributed by atoms with Gasteiger partial charge in [-0.2, -0.15) is 0 Å². The van der Waals surface area contributed by atoms with Crippen LogP contribution in [0.4, 0.5) is 0 Å². The maximum Gasteiger partial charge on any atom is 0.223 e. The van der Waals surface area contributed by atoms with Gasteiger partial charge < -0.3 is 16.0 Å². The minimum Gasteiger partial charge on any atom is -0.356 e. The van der Waals surface area contributed by atoms with E-state index in [0.29, 0.717) is 18.0 Å². The van der Waals surface area contributed by atoms with Crippen LogP contribution in [0.15, 0.2) is 0 Å². The summed E-state index contributed by atoms with van der Waals surface area (Å²) in [6.07, 6.45) is 5.45.